The number of aryl methyl sites for hydroxylation is 1. The minimum absolute atomic E-state index is 0. The molecule has 4 heterocycles. The number of ketones is 2. The Morgan fingerprint density at radius 1 is 0.577 bits per heavy atom. The number of carboxylic acid groups (broad SMARTS) is 3. The minimum Gasteiger partial charge on any atom is -0.481 e. The van der Waals surface area contributed by atoms with E-state index in [4.69, 9.17) is 35.6 Å². The van der Waals surface area contributed by atoms with Crippen LogP contribution in [0.25, 0.3) is 0 Å². The number of Topliss-reactive ketones (excluding diaryl/α,β-unsaturated/α-hetero) is 2. The Labute approximate surface area is 441 Å². The van der Waals surface area contributed by atoms with E-state index >= 15 is 0 Å². The van der Waals surface area contributed by atoms with E-state index in [2.05, 4.69) is 9.97 Å². The number of halogens is 10. The summed E-state index contributed by atoms with van der Waals surface area (Å²) < 4.78 is 136. The largest absolute Gasteiger partial charge is 0.491 e. The number of hydrogen-bond donors (Lipinski definition) is 10. The zero-order valence-corrected chi connectivity index (χ0v) is 41.0. The lowest BCUT2D eigenvalue weighted by Gasteiger charge is -2.16. The molecule has 78 heavy (non-hydrogen) atoms. The van der Waals surface area contributed by atoms with Gasteiger partial charge in [0.15, 0.2) is 11.6 Å². The molecule has 1 amide bonds. The predicted molar refractivity (Wildman–Crippen MR) is 256 cm³/mol. The number of fused-ring (bicyclic) bond motifs is 4. The van der Waals surface area contributed by atoms with Gasteiger partial charge in [-0.2, -0.15) is 39.5 Å². The van der Waals surface area contributed by atoms with E-state index in [1.54, 1.807) is 13.0 Å². The van der Waals surface area contributed by atoms with Crippen molar-refractivity contribution in [1.82, 2.24) is 5.32 Å². The smallest absolute Gasteiger partial charge is 0.481 e. The van der Waals surface area contributed by atoms with Crippen LogP contribution in [0.1, 0.15) is 99.3 Å². The Kier molecular flexibility index (Phi) is 21.1. The molecule has 4 aromatic carbocycles. The van der Waals surface area contributed by atoms with E-state index in [-0.39, 0.29) is 83.0 Å². The molecule has 20 nitrogen and oxygen atoms in total. The van der Waals surface area contributed by atoms with Crippen LogP contribution in [-0.2, 0) is 73.2 Å². The molecule has 0 aromatic heterocycles. The summed E-state index contributed by atoms with van der Waals surface area (Å²) in [5.74, 6) is -7.36. The third kappa shape index (κ3) is 15.2. The standard InChI is InChI=1S/C22H20B2F3NO8.C10H8BF3O3.C9H6BF3O4.C3H8N2O2.ClH/c1-10-2-11(4-17-14(10)8-35-23(17)33)19(29)6-13(21(31)32)7-28-20(30)12-3-16(22(25,26)27)15-9-36-24(34)18(15)5-12;1-5(15)6-2-8(10(12,13)14)7-4-17-11(16)9(7)3-6;11-9(12,13)6-1-4(8(14)15)2-7-5(6)3-17-10(7)16;4-1-2(5)3(6)7;/h2-5,13,33-34H,6-9H2,1H3,(H,28,30)(H,31,32);2-3,16H,4H2,1H3;1-2,16H,3H2,(H,14,15);2H,1,4-5H2,(H,6,7);1H/t13-;;;2-;/m0..0./s1. The van der Waals surface area contributed by atoms with Gasteiger partial charge in [0.1, 0.15) is 6.04 Å². The summed E-state index contributed by atoms with van der Waals surface area (Å²) in [5, 5.41) is 66.9. The quantitative estimate of drug-likeness (QED) is 0.0561. The molecule has 0 aliphatic carbocycles. The zero-order valence-electron chi connectivity index (χ0n) is 40.2. The van der Waals surface area contributed by atoms with Crippen molar-refractivity contribution in [3.8, 4) is 0 Å². The highest BCUT2D eigenvalue weighted by molar-refractivity contribution is 6.63. The Morgan fingerprint density at radius 2 is 0.936 bits per heavy atom. The van der Waals surface area contributed by atoms with Gasteiger partial charge in [-0.1, -0.05) is 12.1 Å². The first-order chi connectivity index (χ1) is 35.6. The molecule has 34 heteroatoms. The molecule has 0 saturated carbocycles. The van der Waals surface area contributed by atoms with Crippen LogP contribution in [-0.4, -0.2) is 118 Å². The van der Waals surface area contributed by atoms with Gasteiger partial charge in [-0.25, -0.2) is 4.79 Å². The number of carbonyl (C=O) groups excluding carboxylic acids is 3. The topological polar surface area (TPSA) is 345 Å². The molecular weight excluding hydrogens is 1090 g/mol. The van der Waals surface area contributed by atoms with Gasteiger partial charge in [0.25, 0.3) is 5.91 Å². The van der Waals surface area contributed by atoms with Crippen LogP contribution in [0.4, 0.5) is 39.5 Å². The maximum absolute atomic E-state index is 13.5. The van der Waals surface area contributed by atoms with Gasteiger partial charge in [-0.05, 0) is 99.9 Å². The molecule has 0 radical (unpaired) electrons. The van der Waals surface area contributed by atoms with Crippen LogP contribution in [0.15, 0.2) is 48.5 Å². The van der Waals surface area contributed by atoms with Crippen molar-refractivity contribution in [3.63, 3.8) is 0 Å². The molecule has 0 fully saturated rings. The van der Waals surface area contributed by atoms with E-state index in [1.165, 1.54) is 19.1 Å². The Morgan fingerprint density at radius 3 is 1.29 bits per heavy atom. The number of hydrogen-bond acceptors (Lipinski definition) is 16. The van der Waals surface area contributed by atoms with Crippen LogP contribution >= 0.6 is 12.4 Å². The second-order valence-electron chi connectivity index (χ2n) is 17.2. The molecule has 2 atom stereocenters. The van der Waals surface area contributed by atoms with E-state index in [9.17, 15) is 93.5 Å². The Bertz CT molecular complexity index is 2890. The molecular formula is C44H43B4ClF9N3O17. The number of nitrogens with two attached hydrogens (primary N) is 2. The maximum atomic E-state index is 13.5. The monoisotopic (exact) mass is 1140 g/mol. The van der Waals surface area contributed by atoms with Crippen LogP contribution in [0, 0.1) is 12.8 Å². The fourth-order valence-electron chi connectivity index (χ4n) is 7.88. The van der Waals surface area contributed by atoms with E-state index in [1.807, 2.05) is 0 Å². The fraction of sp³-hybridized carbons (Fsp3) is 0.318. The Balaban J connectivity index is 0.000000260. The molecule has 0 spiro atoms. The summed E-state index contributed by atoms with van der Waals surface area (Å²) in [4.78, 5) is 68.7. The zero-order chi connectivity index (χ0) is 57.8. The molecule has 0 saturated heterocycles. The van der Waals surface area contributed by atoms with Crippen molar-refractivity contribution >= 4 is 98.1 Å². The number of carboxylic acids is 3. The van der Waals surface area contributed by atoms with Crippen molar-refractivity contribution in [1.29, 1.82) is 0 Å². The van der Waals surface area contributed by atoms with Crippen LogP contribution in [0.2, 0.25) is 0 Å². The van der Waals surface area contributed by atoms with Crippen molar-refractivity contribution in [2.45, 2.75) is 71.3 Å². The number of carbonyl (C=O) groups is 6. The highest BCUT2D eigenvalue weighted by Crippen LogP contribution is 2.36. The van der Waals surface area contributed by atoms with E-state index < -0.39 is 142 Å². The lowest BCUT2D eigenvalue weighted by Crippen LogP contribution is -2.37. The number of aliphatic carboxylic acids is 2. The highest BCUT2D eigenvalue weighted by Gasteiger charge is 2.43. The first-order valence-electron chi connectivity index (χ1n) is 22.2. The normalized spacial score (nSPS) is 14.9. The molecule has 12 N–H and O–H groups in total. The van der Waals surface area contributed by atoms with Gasteiger partial charge in [0.2, 0.25) is 0 Å². The summed E-state index contributed by atoms with van der Waals surface area (Å²) in [6.07, 6.45) is -14.6. The van der Waals surface area contributed by atoms with Crippen molar-refractivity contribution < 1.29 is 122 Å². The maximum Gasteiger partial charge on any atom is 0.491 e. The average Bonchev–Trinajstić information content (AvgIpc) is 4.13. The molecule has 0 bridgehead atoms. The van der Waals surface area contributed by atoms with Gasteiger partial charge in [-0.15, -0.1) is 12.4 Å². The highest BCUT2D eigenvalue weighted by atomic mass is 35.5. The van der Waals surface area contributed by atoms with E-state index in [0.717, 1.165) is 23.8 Å². The summed E-state index contributed by atoms with van der Waals surface area (Å²) in [6.45, 7) is 1.38. The summed E-state index contributed by atoms with van der Waals surface area (Å²) in [7, 11) is -5.73. The van der Waals surface area contributed by atoms with Gasteiger partial charge < -0.3 is 70.8 Å². The van der Waals surface area contributed by atoms with Gasteiger partial charge in [0, 0.05) is 36.2 Å². The van der Waals surface area contributed by atoms with Crippen molar-refractivity contribution in [3.05, 3.63) is 115 Å². The number of alkyl halides is 9. The third-order valence-corrected chi connectivity index (χ3v) is 12.0. The SMILES string of the molecule is CC(=O)c1cc2c(c(C(F)(F)F)c1)COB2O.Cc1cc(C(=O)C[C@@H](CNC(=O)c2cc3c(c(C(F)(F)F)c2)COB3O)C(=O)O)cc2c1COB2O.Cl.NC[C@H](N)C(=O)O.O=C(O)c1cc2c(c(C(F)(F)F)c1)COB2O. The summed E-state index contributed by atoms with van der Waals surface area (Å²) >= 11 is 0. The van der Waals surface area contributed by atoms with Crippen molar-refractivity contribution in [2.75, 3.05) is 13.1 Å². The molecule has 8 rings (SSSR count). The van der Waals surface area contributed by atoms with Crippen molar-refractivity contribution in [2.24, 2.45) is 17.4 Å². The van der Waals surface area contributed by atoms with Crippen LogP contribution in [0.5, 0.6) is 0 Å². The second kappa shape index (κ2) is 25.6. The molecule has 4 aliphatic rings. The van der Waals surface area contributed by atoms with Gasteiger partial charge in [0.05, 0.1) is 54.6 Å². The van der Waals surface area contributed by atoms with Crippen LogP contribution < -0.4 is 38.6 Å². The third-order valence-electron chi connectivity index (χ3n) is 12.0. The first-order valence-corrected chi connectivity index (χ1v) is 22.2. The number of amides is 1. The molecule has 4 aliphatic heterocycles. The first kappa shape index (κ1) is 64.1. The summed E-state index contributed by atoms with van der Waals surface area (Å²) in [6, 6.07) is 7.31. The lowest BCUT2D eigenvalue weighted by molar-refractivity contribution is -0.141. The van der Waals surface area contributed by atoms with Crippen LogP contribution in [0.3, 0.4) is 0 Å². The van der Waals surface area contributed by atoms with Gasteiger partial charge in [-0.3, -0.25) is 24.0 Å². The molecule has 4 aromatic rings. The van der Waals surface area contributed by atoms with E-state index in [0.29, 0.717) is 23.2 Å². The average molecular weight is 1140 g/mol. The number of aromatic carboxylic acids is 1. The Hall–Kier alpha value is -6.38. The fourth-order valence-corrected chi connectivity index (χ4v) is 7.88. The lowest BCUT2D eigenvalue weighted by atomic mass is 9.77. The minimum atomic E-state index is -4.81. The predicted octanol–water partition coefficient (Wildman–Crippen LogP) is 0.679. The second-order valence-corrected chi connectivity index (χ2v) is 17.2. The summed E-state index contributed by atoms with van der Waals surface area (Å²) in [5.41, 5.74) is 6.67. The number of benzene rings is 4. The van der Waals surface area contributed by atoms with Gasteiger partial charge >= 0.3 is 64.9 Å². The molecule has 0 unspecified atom stereocenters. The number of nitrogens with one attached hydrogen (secondary N) is 1. The molecule has 418 valence electrons. The number of rotatable bonds is 11.